The monoisotopic (exact) mass is 243 g/mol. The number of nitrogens with zero attached hydrogens (tertiary/aromatic N) is 3. The van der Waals surface area contributed by atoms with Crippen molar-refractivity contribution in [2.24, 2.45) is 0 Å². The second kappa shape index (κ2) is 4.76. The summed E-state index contributed by atoms with van der Waals surface area (Å²) in [6.45, 7) is 0. The fraction of sp³-hybridized carbons (Fsp3) is 0.0833. The van der Waals surface area contributed by atoms with Gasteiger partial charge in [-0.15, -0.1) is 11.3 Å². The molecule has 0 aliphatic carbocycles. The smallest absolute Gasteiger partial charge is 0.215 e. The van der Waals surface area contributed by atoms with Crippen LogP contribution in [0.15, 0.2) is 29.6 Å². The maximum absolute atomic E-state index is 10.6. The van der Waals surface area contributed by atoms with Crippen molar-refractivity contribution >= 4 is 22.9 Å². The van der Waals surface area contributed by atoms with Crippen LogP contribution in [0.1, 0.15) is 5.56 Å². The standard InChI is InChI=1S/C12H9N3OS/c1-15(8-16)12-14-11(7-17-12)10-4-2-9(6-13)3-5-10/h2-5,7-8H,1H3. The molecule has 0 spiro atoms. The first-order valence-corrected chi connectivity index (χ1v) is 5.77. The predicted molar refractivity (Wildman–Crippen MR) is 66.7 cm³/mol. The molecule has 2 rings (SSSR count). The molecule has 0 aliphatic rings. The zero-order chi connectivity index (χ0) is 12.3. The third-order valence-electron chi connectivity index (χ3n) is 2.26. The molecule has 84 valence electrons. The highest BCUT2D eigenvalue weighted by Gasteiger charge is 2.07. The summed E-state index contributed by atoms with van der Waals surface area (Å²) in [5.41, 5.74) is 2.36. The first-order valence-electron chi connectivity index (χ1n) is 4.89. The van der Waals surface area contributed by atoms with Gasteiger partial charge >= 0.3 is 0 Å². The van der Waals surface area contributed by atoms with Gasteiger partial charge in [-0.2, -0.15) is 5.26 Å². The molecule has 0 saturated carbocycles. The molecule has 17 heavy (non-hydrogen) atoms. The molecule has 5 heteroatoms. The van der Waals surface area contributed by atoms with E-state index in [0.29, 0.717) is 10.7 Å². The number of hydrogen-bond donors (Lipinski definition) is 0. The normalized spacial score (nSPS) is 9.65. The van der Waals surface area contributed by atoms with Crippen molar-refractivity contribution in [2.75, 3.05) is 11.9 Å². The molecule has 0 bridgehead atoms. The molecule has 0 aliphatic heterocycles. The lowest BCUT2D eigenvalue weighted by Crippen LogP contribution is -2.12. The molecule has 1 aromatic carbocycles. The lowest BCUT2D eigenvalue weighted by Gasteiger charge is -2.03. The Hall–Kier alpha value is -2.19. The van der Waals surface area contributed by atoms with Crippen LogP contribution in [0.3, 0.4) is 0 Å². The molecule has 0 saturated heterocycles. The summed E-state index contributed by atoms with van der Waals surface area (Å²) < 4.78 is 0. The van der Waals surface area contributed by atoms with Gasteiger partial charge in [0.2, 0.25) is 6.41 Å². The molecule has 0 atom stereocenters. The fourth-order valence-corrected chi connectivity index (χ4v) is 2.09. The van der Waals surface area contributed by atoms with Gasteiger partial charge in [0, 0.05) is 18.0 Å². The number of hydrogen-bond acceptors (Lipinski definition) is 4. The summed E-state index contributed by atoms with van der Waals surface area (Å²) in [6.07, 6.45) is 0.724. The number of carbonyl (C=O) groups excluding carboxylic acids is 1. The summed E-state index contributed by atoms with van der Waals surface area (Å²) >= 11 is 1.41. The predicted octanol–water partition coefficient (Wildman–Crippen LogP) is 2.27. The number of nitriles is 1. The molecule has 4 nitrogen and oxygen atoms in total. The van der Waals surface area contributed by atoms with E-state index >= 15 is 0 Å². The average molecular weight is 243 g/mol. The van der Waals surface area contributed by atoms with Crippen molar-refractivity contribution in [1.82, 2.24) is 4.98 Å². The van der Waals surface area contributed by atoms with E-state index in [4.69, 9.17) is 5.26 Å². The number of anilines is 1. The average Bonchev–Trinajstić information content (AvgIpc) is 2.87. The van der Waals surface area contributed by atoms with E-state index in [1.54, 1.807) is 19.2 Å². The van der Waals surface area contributed by atoms with Crippen molar-refractivity contribution < 1.29 is 4.79 Å². The zero-order valence-electron chi connectivity index (χ0n) is 9.12. The number of benzene rings is 1. The third-order valence-corrected chi connectivity index (χ3v) is 3.19. The number of thiazole rings is 1. The minimum atomic E-state index is 0.620. The van der Waals surface area contributed by atoms with E-state index < -0.39 is 0 Å². The lowest BCUT2D eigenvalue weighted by atomic mass is 10.1. The van der Waals surface area contributed by atoms with E-state index in [1.807, 2.05) is 17.5 Å². The van der Waals surface area contributed by atoms with Crippen LogP contribution in [-0.4, -0.2) is 18.4 Å². The Morgan fingerprint density at radius 1 is 1.41 bits per heavy atom. The van der Waals surface area contributed by atoms with Gasteiger partial charge in [-0.05, 0) is 12.1 Å². The van der Waals surface area contributed by atoms with E-state index in [-0.39, 0.29) is 0 Å². The molecular weight excluding hydrogens is 234 g/mol. The van der Waals surface area contributed by atoms with Gasteiger partial charge in [0.25, 0.3) is 0 Å². The number of aromatic nitrogens is 1. The van der Waals surface area contributed by atoms with Gasteiger partial charge in [-0.3, -0.25) is 9.69 Å². The number of amides is 1. The molecule has 0 radical (unpaired) electrons. The van der Waals surface area contributed by atoms with Crippen molar-refractivity contribution in [3.63, 3.8) is 0 Å². The first-order chi connectivity index (χ1) is 8.24. The van der Waals surface area contributed by atoms with E-state index in [1.165, 1.54) is 16.2 Å². The van der Waals surface area contributed by atoms with Crippen LogP contribution in [-0.2, 0) is 4.79 Å². The van der Waals surface area contributed by atoms with Gasteiger partial charge in [0.1, 0.15) is 0 Å². The minimum Gasteiger partial charge on any atom is -0.294 e. The van der Waals surface area contributed by atoms with Gasteiger partial charge in [0.15, 0.2) is 5.13 Å². The number of rotatable bonds is 3. The minimum absolute atomic E-state index is 0.620. The summed E-state index contributed by atoms with van der Waals surface area (Å²) in [6, 6.07) is 9.25. The summed E-state index contributed by atoms with van der Waals surface area (Å²) in [7, 11) is 1.66. The molecule has 1 heterocycles. The zero-order valence-corrected chi connectivity index (χ0v) is 9.94. The van der Waals surface area contributed by atoms with Gasteiger partial charge in [-0.25, -0.2) is 4.98 Å². The topological polar surface area (TPSA) is 57.0 Å². The first kappa shape index (κ1) is 11.3. The maximum atomic E-state index is 10.6. The summed E-state index contributed by atoms with van der Waals surface area (Å²) in [5.74, 6) is 0. The highest BCUT2D eigenvalue weighted by Crippen LogP contribution is 2.26. The van der Waals surface area contributed by atoms with Gasteiger partial charge in [-0.1, -0.05) is 12.1 Å². The van der Waals surface area contributed by atoms with E-state index in [2.05, 4.69) is 11.1 Å². The Labute approximate surface area is 103 Å². The number of carbonyl (C=O) groups is 1. The van der Waals surface area contributed by atoms with Crippen LogP contribution < -0.4 is 4.90 Å². The third kappa shape index (κ3) is 2.32. The highest BCUT2D eigenvalue weighted by molar-refractivity contribution is 7.14. The van der Waals surface area contributed by atoms with Crippen molar-refractivity contribution in [1.29, 1.82) is 5.26 Å². The fourth-order valence-electron chi connectivity index (χ4n) is 1.32. The Morgan fingerprint density at radius 3 is 2.71 bits per heavy atom. The van der Waals surface area contributed by atoms with Crippen LogP contribution >= 0.6 is 11.3 Å². The Balaban J connectivity index is 2.30. The SMILES string of the molecule is CN(C=O)c1nc(-c2ccc(C#N)cc2)cs1. The highest BCUT2D eigenvalue weighted by atomic mass is 32.1. The van der Waals surface area contributed by atoms with Crippen LogP contribution in [0, 0.1) is 11.3 Å². The molecule has 2 aromatic rings. The molecule has 0 N–H and O–H groups in total. The Bertz CT molecular complexity index is 568. The molecular formula is C12H9N3OS. The summed E-state index contributed by atoms with van der Waals surface area (Å²) in [4.78, 5) is 16.4. The van der Waals surface area contributed by atoms with Crippen LogP contribution in [0.5, 0.6) is 0 Å². The molecule has 0 unspecified atom stereocenters. The lowest BCUT2D eigenvalue weighted by molar-refractivity contribution is -0.107. The van der Waals surface area contributed by atoms with Crippen LogP contribution in [0.4, 0.5) is 5.13 Å². The summed E-state index contributed by atoms with van der Waals surface area (Å²) in [5, 5.41) is 11.2. The quantitative estimate of drug-likeness (QED) is 0.777. The Morgan fingerprint density at radius 2 is 2.12 bits per heavy atom. The van der Waals surface area contributed by atoms with Crippen LogP contribution in [0.2, 0.25) is 0 Å². The van der Waals surface area contributed by atoms with E-state index in [9.17, 15) is 4.79 Å². The van der Waals surface area contributed by atoms with Crippen molar-refractivity contribution in [2.45, 2.75) is 0 Å². The van der Waals surface area contributed by atoms with Gasteiger partial charge in [0.05, 0.1) is 17.3 Å². The largest absolute Gasteiger partial charge is 0.294 e. The second-order valence-electron chi connectivity index (χ2n) is 3.42. The second-order valence-corrected chi connectivity index (χ2v) is 4.26. The van der Waals surface area contributed by atoms with Crippen molar-refractivity contribution in [3.05, 3.63) is 35.2 Å². The van der Waals surface area contributed by atoms with Gasteiger partial charge < -0.3 is 0 Å². The maximum Gasteiger partial charge on any atom is 0.215 e. The molecule has 0 fully saturated rings. The molecule has 1 amide bonds. The van der Waals surface area contributed by atoms with Crippen molar-refractivity contribution in [3.8, 4) is 17.3 Å². The Kier molecular flexibility index (Phi) is 3.17. The molecule has 1 aromatic heterocycles. The van der Waals surface area contributed by atoms with E-state index in [0.717, 1.165) is 17.7 Å². The van der Waals surface area contributed by atoms with Crippen LogP contribution in [0.25, 0.3) is 11.3 Å².